The van der Waals surface area contributed by atoms with Crippen LogP contribution in [0.1, 0.15) is 44.9 Å². The topological polar surface area (TPSA) is 129 Å². The van der Waals surface area contributed by atoms with Gasteiger partial charge in [-0.15, -0.1) is 5.10 Å². The van der Waals surface area contributed by atoms with Crippen molar-refractivity contribution in [1.29, 1.82) is 0 Å². The lowest BCUT2D eigenvalue weighted by Gasteiger charge is -2.28. The van der Waals surface area contributed by atoms with E-state index in [9.17, 15) is 13.2 Å². The van der Waals surface area contributed by atoms with Crippen LogP contribution in [0.2, 0.25) is 0 Å². The zero-order chi connectivity index (χ0) is 30.1. The number of amides is 1. The van der Waals surface area contributed by atoms with Gasteiger partial charge in [-0.25, -0.2) is 18.2 Å². The number of hydrogen-bond acceptors (Lipinski definition) is 6. The number of ether oxygens (including phenoxy) is 1. The average molecular weight is 594 g/mol. The fourth-order valence-electron chi connectivity index (χ4n) is 4.64. The van der Waals surface area contributed by atoms with Gasteiger partial charge in [0.25, 0.3) is 5.91 Å². The Morgan fingerprint density at radius 3 is 2.09 bits per heavy atom. The lowest BCUT2D eigenvalue weighted by molar-refractivity contribution is 0.0403. The standard InChI is InChI=1S/C33H31N5O4S/c34-43(40,41)30-20-18-28(19-21-30)33(39)35-23-29-24-38(37-36-29)31(26-14-6-2-7-15-26)32(27-16-8-3-9-17-27)42-22-10-13-25-11-4-1-5-12-25/h1-21,24,31-32H,22-23H2,(H,35,39)(H2,34,40,41)/b13-10+/t31?,32-/m0/s1. The number of benzene rings is 4. The number of nitrogens with one attached hydrogen (secondary N) is 1. The minimum Gasteiger partial charge on any atom is -0.367 e. The van der Waals surface area contributed by atoms with Crippen LogP contribution in [0.3, 0.4) is 0 Å². The van der Waals surface area contributed by atoms with Gasteiger partial charge in [-0.05, 0) is 41.0 Å². The zero-order valence-corrected chi connectivity index (χ0v) is 24.0. The fraction of sp³-hybridized carbons (Fsp3) is 0.121. The van der Waals surface area contributed by atoms with Crippen molar-refractivity contribution in [2.45, 2.75) is 23.6 Å². The first kappa shape index (κ1) is 29.6. The second kappa shape index (κ2) is 13.8. The van der Waals surface area contributed by atoms with Gasteiger partial charge in [0.05, 0.1) is 24.2 Å². The lowest BCUT2D eigenvalue weighted by atomic mass is 9.95. The van der Waals surface area contributed by atoms with E-state index in [2.05, 4.69) is 15.6 Å². The normalized spacial score (nSPS) is 13.0. The smallest absolute Gasteiger partial charge is 0.251 e. The molecule has 0 fully saturated rings. The van der Waals surface area contributed by atoms with Crippen molar-refractivity contribution in [3.8, 4) is 0 Å². The van der Waals surface area contributed by atoms with Crippen molar-refractivity contribution in [1.82, 2.24) is 20.3 Å². The summed E-state index contributed by atoms with van der Waals surface area (Å²) in [6.07, 6.45) is 5.41. The molecule has 0 saturated heterocycles. The van der Waals surface area contributed by atoms with Gasteiger partial charge in [0.15, 0.2) is 0 Å². The molecular weight excluding hydrogens is 562 g/mol. The van der Waals surface area contributed by atoms with Gasteiger partial charge < -0.3 is 10.1 Å². The molecule has 1 amide bonds. The first-order valence-corrected chi connectivity index (χ1v) is 15.2. The van der Waals surface area contributed by atoms with Gasteiger partial charge in [0.1, 0.15) is 17.8 Å². The molecule has 9 nitrogen and oxygen atoms in total. The number of primary sulfonamides is 1. The summed E-state index contributed by atoms with van der Waals surface area (Å²) in [7, 11) is -3.84. The van der Waals surface area contributed by atoms with Crippen LogP contribution in [0, 0.1) is 0 Å². The van der Waals surface area contributed by atoms with Gasteiger partial charge in [0, 0.05) is 5.56 Å². The van der Waals surface area contributed by atoms with Crippen molar-refractivity contribution >= 4 is 22.0 Å². The number of rotatable bonds is 12. The molecule has 1 aromatic heterocycles. The molecule has 1 unspecified atom stereocenters. The van der Waals surface area contributed by atoms with Gasteiger partial charge in [-0.1, -0.05) is 108 Å². The van der Waals surface area contributed by atoms with Gasteiger partial charge in [-0.3, -0.25) is 4.79 Å². The molecule has 10 heteroatoms. The molecule has 0 aliphatic carbocycles. The van der Waals surface area contributed by atoms with E-state index in [1.165, 1.54) is 24.3 Å². The first-order valence-electron chi connectivity index (χ1n) is 13.6. The summed E-state index contributed by atoms with van der Waals surface area (Å²) in [5.74, 6) is -0.383. The number of nitrogens with two attached hydrogens (primary N) is 1. The molecule has 0 radical (unpaired) electrons. The number of aromatic nitrogens is 3. The predicted molar refractivity (Wildman–Crippen MR) is 164 cm³/mol. The summed E-state index contributed by atoms with van der Waals surface area (Å²) in [5, 5.41) is 16.7. The average Bonchev–Trinajstić information content (AvgIpc) is 3.51. The highest BCUT2D eigenvalue weighted by atomic mass is 32.2. The maximum absolute atomic E-state index is 12.7. The first-order chi connectivity index (χ1) is 20.9. The molecular formula is C33H31N5O4S. The number of carbonyl (C=O) groups excluding carboxylic acids is 1. The minimum atomic E-state index is -3.84. The summed E-state index contributed by atoms with van der Waals surface area (Å²) in [4.78, 5) is 12.6. The Hall–Kier alpha value is -4.90. The quantitative estimate of drug-likeness (QED) is 0.211. The van der Waals surface area contributed by atoms with Crippen molar-refractivity contribution in [3.63, 3.8) is 0 Å². The lowest BCUT2D eigenvalue weighted by Crippen LogP contribution is -2.23. The molecule has 1 heterocycles. The van der Waals surface area contributed by atoms with Crippen LogP contribution in [0.25, 0.3) is 6.08 Å². The SMILES string of the molecule is NS(=O)(=O)c1ccc(C(=O)NCc2cn(C(c3ccccc3)[C@@H](OC/C=C/c3ccccc3)c3ccccc3)nn2)cc1. The summed E-state index contributed by atoms with van der Waals surface area (Å²) in [5.41, 5.74) is 3.90. The molecule has 43 heavy (non-hydrogen) atoms. The van der Waals surface area contributed by atoms with Crippen LogP contribution in [0.15, 0.2) is 132 Å². The Labute approximate surface area is 250 Å². The Morgan fingerprint density at radius 2 is 1.47 bits per heavy atom. The van der Waals surface area contributed by atoms with E-state index in [1.807, 2.05) is 103 Å². The van der Waals surface area contributed by atoms with Crippen LogP contribution < -0.4 is 10.5 Å². The van der Waals surface area contributed by atoms with Gasteiger partial charge in [0.2, 0.25) is 10.0 Å². The molecule has 5 aromatic rings. The number of sulfonamides is 1. The molecule has 5 rings (SSSR count). The third-order valence-electron chi connectivity index (χ3n) is 6.76. The Morgan fingerprint density at radius 1 is 0.860 bits per heavy atom. The molecule has 0 spiro atoms. The van der Waals surface area contributed by atoms with Gasteiger partial charge in [-0.2, -0.15) is 0 Å². The van der Waals surface area contributed by atoms with E-state index < -0.39 is 16.1 Å². The Bertz CT molecular complexity index is 1760. The largest absolute Gasteiger partial charge is 0.367 e. The van der Waals surface area contributed by atoms with Crippen molar-refractivity contribution in [2.75, 3.05) is 6.61 Å². The highest BCUT2D eigenvalue weighted by molar-refractivity contribution is 7.89. The Balaban J connectivity index is 1.36. The van der Waals surface area contributed by atoms with E-state index in [4.69, 9.17) is 9.88 Å². The van der Waals surface area contributed by atoms with Crippen LogP contribution in [-0.4, -0.2) is 35.9 Å². The summed E-state index contributed by atoms with van der Waals surface area (Å²) >= 11 is 0. The number of nitrogens with zero attached hydrogens (tertiary/aromatic N) is 3. The highest BCUT2D eigenvalue weighted by Gasteiger charge is 2.28. The van der Waals surface area contributed by atoms with E-state index in [0.29, 0.717) is 17.9 Å². The number of carbonyl (C=O) groups is 1. The zero-order valence-electron chi connectivity index (χ0n) is 23.2. The molecule has 0 saturated carbocycles. The van der Waals surface area contributed by atoms with Crippen LogP contribution in [-0.2, 0) is 21.3 Å². The third kappa shape index (κ3) is 7.89. The third-order valence-corrected chi connectivity index (χ3v) is 7.68. The van der Waals surface area contributed by atoms with E-state index in [0.717, 1.165) is 16.7 Å². The molecule has 4 aromatic carbocycles. The predicted octanol–water partition coefficient (Wildman–Crippen LogP) is 4.92. The summed E-state index contributed by atoms with van der Waals surface area (Å²) in [6.45, 7) is 0.494. The molecule has 218 valence electrons. The van der Waals surface area contributed by atoms with Crippen molar-refractivity contribution < 1.29 is 17.9 Å². The van der Waals surface area contributed by atoms with Crippen LogP contribution in [0.4, 0.5) is 0 Å². The van der Waals surface area contributed by atoms with E-state index >= 15 is 0 Å². The maximum atomic E-state index is 12.7. The fourth-order valence-corrected chi connectivity index (χ4v) is 5.15. The second-order valence-electron chi connectivity index (χ2n) is 9.78. The minimum absolute atomic E-state index is 0.0651. The van der Waals surface area contributed by atoms with E-state index in [-0.39, 0.29) is 23.4 Å². The highest BCUT2D eigenvalue weighted by Crippen LogP contribution is 2.35. The molecule has 0 bridgehead atoms. The van der Waals surface area contributed by atoms with Crippen LogP contribution in [0.5, 0.6) is 0 Å². The molecule has 0 aliphatic rings. The van der Waals surface area contributed by atoms with Crippen molar-refractivity contribution in [2.24, 2.45) is 5.14 Å². The maximum Gasteiger partial charge on any atom is 0.251 e. The van der Waals surface area contributed by atoms with Crippen molar-refractivity contribution in [3.05, 3.63) is 155 Å². The molecule has 2 atom stereocenters. The Kier molecular flexibility index (Phi) is 9.52. The van der Waals surface area contributed by atoms with E-state index in [1.54, 1.807) is 10.9 Å². The number of hydrogen-bond donors (Lipinski definition) is 2. The monoisotopic (exact) mass is 593 g/mol. The second-order valence-corrected chi connectivity index (χ2v) is 11.3. The molecule has 3 N–H and O–H groups in total. The molecule has 0 aliphatic heterocycles. The summed E-state index contributed by atoms with van der Waals surface area (Å²) < 4.78 is 31.3. The van der Waals surface area contributed by atoms with Gasteiger partial charge >= 0.3 is 0 Å². The van der Waals surface area contributed by atoms with Crippen LogP contribution >= 0.6 is 0 Å². The summed E-state index contributed by atoms with van der Waals surface area (Å²) in [6, 6.07) is 35.0.